The first-order valence-electron chi connectivity index (χ1n) is 11.5. The largest absolute Gasteiger partial charge is 0.496 e. The van der Waals surface area contributed by atoms with E-state index in [1.54, 1.807) is 38.4 Å². The summed E-state index contributed by atoms with van der Waals surface area (Å²) in [6, 6.07) is 20.9. The van der Waals surface area contributed by atoms with Crippen LogP contribution < -0.4 is 14.2 Å². The quantitative estimate of drug-likeness (QED) is 0.375. The molecule has 5 rings (SSSR count). The molecule has 0 atom stereocenters. The van der Waals surface area contributed by atoms with Crippen LogP contribution >= 0.6 is 0 Å². The van der Waals surface area contributed by atoms with Crippen molar-refractivity contribution in [3.8, 4) is 17.2 Å². The molecule has 182 valence electrons. The van der Waals surface area contributed by atoms with E-state index in [0.29, 0.717) is 41.7 Å². The van der Waals surface area contributed by atoms with Crippen molar-refractivity contribution in [2.75, 3.05) is 27.9 Å². The van der Waals surface area contributed by atoms with E-state index in [0.717, 1.165) is 28.0 Å². The van der Waals surface area contributed by atoms with Gasteiger partial charge in [0.15, 0.2) is 11.5 Å². The van der Waals surface area contributed by atoms with E-state index in [2.05, 4.69) is 9.97 Å². The first kappa shape index (κ1) is 23.2. The third-order valence-corrected chi connectivity index (χ3v) is 6.02. The lowest BCUT2D eigenvalue weighted by Gasteiger charge is -2.19. The maximum atomic E-state index is 13.6. The van der Waals surface area contributed by atoms with Gasteiger partial charge in [0.05, 0.1) is 37.9 Å². The Kier molecular flexibility index (Phi) is 6.40. The molecule has 1 aliphatic heterocycles. The number of ether oxygens (including phenoxy) is 3. The van der Waals surface area contributed by atoms with Crippen molar-refractivity contribution in [1.82, 2.24) is 14.9 Å². The van der Waals surface area contributed by atoms with Gasteiger partial charge in [-0.25, -0.2) is 9.98 Å². The van der Waals surface area contributed by atoms with Gasteiger partial charge < -0.3 is 19.2 Å². The van der Waals surface area contributed by atoms with Gasteiger partial charge in [-0.2, -0.15) is 0 Å². The predicted molar refractivity (Wildman–Crippen MR) is 139 cm³/mol. The molecular weight excluding hydrogens is 456 g/mol. The molecule has 2 heterocycles. The van der Waals surface area contributed by atoms with Gasteiger partial charge in [0.1, 0.15) is 23.1 Å². The van der Waals surface area contributed by atoms with Crippen LogP contribution in [0.15, 0.2) is 77.4 Å². The second-order valence-electron chi connectivity index (χ2n) is 8.19. The lowest BCUT2D eigenvalue weighted by Crippen LogP contribution is -2.35. The number of carbonyl (C=O) groups is 1. The molecule has 1 amide bonds. The number of amidine groups is 1. The fourth-order valence-electron chi connectivity index (χ4n) is 4.24. The molecule has 0 spiro atoms. The molecular formula is C28H26N4O4. The summed E-state index contributed by atoms with van der Waals surface area (Å²) in [6.07, 6.45) is 2.29. The summed E-state index contributed by atoms with van der Waals surface area (Å²) in [5.41, 5.74) is 3.71. The molecule has 0 bridgehead atoms. The number of aromatic nitrogens is 2. The standard InChI is InChI=1S/C28H26N4O4/c1-34-23-11-7-4-8-19(23)27-31-22(16-18-12-13-24(35-2)25(17-18)36-3)28(33)32(27)15-14-26-29-20-9-5-6-10-21(20)30-26/h4-13,16-17H,14-15H2,1-3H3,(H,29,30). The summed E-state index contributed by atoms with van der Waals surface area (Å²) in [5, 5.41) is 0. The lowest BCUT2D eigenvalue weighted by molar-refractivity contribution is -0.122. The molecule has 0 saturated carbocycles. The molecule has 1 N–H and O–H groups in total. The van der Waals surface area contributed by atoms with Crippen LogP contribution in [0, 0.1) is 0 Å². The van der Waals surface area contributed by atoms with Gasteiger partial charge in [-0.3, -0.25) is 9.69 Å². The zero-order valence-corrected chi connectivity index (χ0v) is 20.3. The Labute approximate surface area is 208 Å². The number of nitrogens with one attached hydrogen (secondary N) is 1. The molecule has 8 heteroatoms. The van der Waals surface area contributed by atoms with Gasteiger partial charge in [0, 0.05) is 13.0 Å². The second kappa shape index (κ2) is 9.95. The number of amides is 1. The highest BCUT2D eigenvalue weighted by molar-refractivity contribution is 6.20. The molecule has 0 aliphatic carbocycles. The Morgan fingerprint density at radius 2 is 1.64 bits per heavy atom. The number of carbonyl (C=O) groups excluding carboxylic acids is 1. The van der Waals surface area contributed by atoms with Gasteiger partial charge in [0.2, 0.25) is 0 Å². The number of imidazole rings is 1. The molecule has 1 aliphatic rings. The van der Waals surface area contributed by atoms with Gasteiger partial charge >= 0.3 is 0 Å². The number of hydrogen-bond acceptors (Lipinski definition) is 6. The zero-order chi connectivity index (χ0) is 25.1. The highest BCUT2D eigenvalue weighted by Gasteiger charge is 2.32. The number of para-hydroxylation sites is 3. The smallest absolute Gasteiger partial charge is 0.278 e. The number of hydrogen-bond donors (Lipinski definition) is 1. The zero-order valence-electron chi connectivity index (χ0n) is 20.3. The van der Waals surface area contributed by atoms with Crippen molar-refractivity contribution >= 4 is 28.9 Å². The average molecular weight is 483 g/mol. The molecule has 8 nitrogen and oxygen atoms in total. The number of H-pyrrole nitrogens is 1. The summed E-state index contributed by atoms with van der Waals surface area (Å²) in [5.74, 6) is 2.99. The molecule has 0 fully saturated rings. The van der Waals surface area contributed by atoms with Crippen molar-refractivity contribution in [2.24, 2.45) is 4.99 Å². The van der Waals surface area contributed by atoms with Crippen LogP contribution in [0.1, 0.15) is 17.0 Å². The Morgan fingerprint density at radius 3 is 2.42 bits per heavy atom. The Bertz CT molecular complexity index is 1450. The van der Waals surface area contributed by atoms with Crippen LogP contribution in [0.5, 0.6) is 17.2 Å². The van der Waals surface area contributed by atoms with E-state index in [1.165, 1.54) is 0 Å². The normalized spacial score (nSPS) is 14.4. The first-order valence-corrected chi connectivity index (χ1v) is 11.5. The van der Waals surface area contributed by atoms with Crippen molar-refractivity contribution in [3.05, 3.63) is 89.4 Å². The number of benzene rings is 3. The van der Waals surface area contributed by atoms with Crippen molar-refractivity contribution < 1.29 is 19.0 Å². The van der Waals surface area contributed by atoms with Crippen LogP contribution in [0.2, 0.25) is 0 Å². The lowest BCUT2D eigenvalue weighted by atomic mass is 10.1. The third kappa shape index (κ3) is 4.40. The Balaban J connectivity index is 1.50. The number of methoxy groups -OCH3 is 3. The molecule has 4 aromatic rings. The summed E-state index contributed by atoms with van der Waals surface area (Å²) < 4.78 is 16.3. The topological polar surface area (TPSA) is 89.0 Å². The average Bonchev–Trinajstić information content (AvgIpc) is 3.47. The Morgan fingerprint density at radius 1 is 0.889 bits per heavy atom. The second-order valence-corrected chi connectivity index (χ2v) is 8.19. The predicted octanol–water partition coefficient (Wildman–Crippen LogP) is 4.46. The van der Waals surface area contributed by atoms with E-state index in [4.69, 9.17) is 19.2 Å². The third-order valence-electron chi connectivity index (χ3n) is 6.02. The van der Waals surface area contributed by atoms with Crippen molar-refractivity contribution in [3.63, 3.8) is 0 Å². The van der Waals surface area contributed by atoms with Crippen LogP contribution in [-0.4, -0.2) is 54.5 Å². The van der Waals surface area contributed by atoms with Crippen LogP contribution in [0.25, 0.3) is 17.1 Å². The molecule has 0 saturated heterocycles. The fourth-order valence-corrected chi connectivity index (χ4v) is 4.24. The first-order chi connectivity index (χ1) is 17.6. The van der Waals surface area contributed by atoms with E-state index in [-0.39, 0.29) is 5.91 Å². The number of aliphatic imine (C=N–C) groups is 1. The minimum absolute atomic E-state index is 0.193. The minimum atomic E-state index is -0.193. The molecule has 1 aromatic heterocycles. The van der Waals surface area contributed by atoms with Crippen LogP contribution in [0.3, 0.4) is 0 Å². The van der Waals surface area contributed by atoms with E-state index in [9.17, 15) is 4.79 Å². The SMILES string of the molecule is COc1ccc(C=C2N=C(c3ccccc3OC)N(CCc3nc4ccccc4[nH]3)C2=O)cc1OC. The number of aromatic amines is 1. The molecule has 0 unspecified atom stereocenters. The maximum absolute atomic E-state index is 13.6. The van der Waals surface area contributed by atoms with Crippen LogP contribution in [-0.2, 0) is 11.2 Å². The highest BCUT2D eigenvalue weighted by Crippen LogP contribution is 2.31. The summed E-state index contributed by atoms with van der Waals surface area (Å²) in [7, 11) is 4.77. The summed E-state index contributed by atoms with van der Waals surface area (Å²) >= 11 is 0. The number of nitrogens with zero attached hydrogens (tertiary/aromatic N) is 3. The van der Waals surface area contributed by atoms with E-state index >= 15 is 0 Å². The molecule has 36 heavy (non-hydrogen) atoms. The van der Waals surface area contributed by atoms with Gasteiger partial charge in [-0.15, -0.1) is 0 Å². The highest BCUT2D eigenvalue weighted by atomic mass is 16.5. The fraction of sp³-hybridized carbons (Fsp3) is 0.179. The summed E-state index contributed by atoms with van der Waals surface area (Å²) in [6.45, 7) is 0.402. The number of fused-ring (bicyclic) bond motifs is 1. The van der Waals surface area contributed by atoms with Crippen molar-refractivity contribution in [1.29, 1.82) is 0 Å². The molecule has 3 aromatic carbocycles. The number of rotatable bonds is 8. The molecule has 0 radical (unpaired) electrons. The minimum Gasteiger partial charge on any atom is -0.496 e. The van der Waals surface area contributed by atoms with Gasteiger partial charge in [0.25, 0.3) is 5.91 Å². The summed E-state index contributed by atoms with van der Waals surface area (Å²) in [4.78, 5) is 28.0. The maximum Gasteiger partial charge on any atom is 0.278 e. The monoisotopic (exact) mass is 482 g/mol. The van der Waals surface area contributed by atoms with Crippen LogP contribution in [0.4, 0.5) is 0 Å². The van der Waals surface area contributed by atoms with E-state index in [1.807, 2.05) is 60.7 Å². The van der Waals surface area contributed by atoms with Gasteiger partial charge in [-0.05, 0) is 48.0 Å². The van der Waals surface area contributed by atoms with Gasteiger partial charge in [-0.1, -0.05) is 30.3 Å². The van der Waals surface area contributed by atoms with Crippen molar-refractivity contribution in [2.45, 2.75) is 6.42 Å². The Hall–Kier alpha value is -4.59. The van der Waals surface area contributed by atoms with E-state index < -0.39 is 0 Å².